The molecule has 0 amide bonds. The summed E-state index contributed by atoms with van der Waals surface area (Å²) in [7, 11) is 0. The van der Waals surface area contributed by atoms with E-state index in [1.807, 2.05) is 6.92 Å². The fourth-order valence-corrected chi connectivity index (χ4v) is 0.370. The van der Waals surface area contributed by atoms with Crippen LogP contribution in [0.4, 0.5) is 0 Å². The standard InChI is InChI=1S/C3H6OS2.Cd/c1-2-4-3(5)6;/h2H2,1H3,(H,5,6);. The summed E-state index contributed by atoms with van der Waals surface area (Å²) in [5.74, 6) is 0. The summed E-state index contributed by atoms with van der Waals surface area (Å²) >= 11 is 8.12. The number of hydrogen-bond acceptors (Lipinski definition) is 2. The Balaban J connectivity index is 0. The number of rotatable bonds is 1. The van der Waals surface area contributed by atoms with E-state index in [-0.39, 0.29) is 27.3 Å². The normalized spacial score (nSPS) is 6.57. The molecule has 1 nitrogen and oxygen atoms in total. The first-order valence-corrected chi connectivity index (χ1v) is 2.48. The molecule has 0 rings (SSSR count). The summed E-state index contributed by atoms with van der Waals surface area (Å²) in [4.78, 5) is 0. The van der Waals surface area contributed by atoms with E-state index in [9.17, 15) is 0 Å². The summed E-state index contributed by atoms with van der Waals surface area (Å²) in [6.07, 6.45) is 0. The van der Waals surface area contributed by atoms with Crippen LogP contribution in [0.2, 0.25) is 0 Å². The van der Waals surface area contributed by atoms with E-state index < -0.39 is 0 Å². The van der Waals surface area contributed by atoms with E-state index in [1.165, 1.54) is 0 Å². The molecule has 7 heavy (non-hydrogen) atoms. The molecule has 0 fully saturated rings. The first-order chi connectivity index (χ1) is 2.77. The Morgan fingerprint density at radius 1 is 1.86 bits per heavy atom. The minimum Gasteiger partial charge on any atom is -0.479 e. The van der Waals surface area contributed by atoms with Gasteiger partial charge in [-0.3, -0.25) is 0 Å². The largest absolute Gasteiger partial charge is 0.479 e. The molecule has 0 aliphatic carbocycles. The van der Waals surface area contributed by atoms with E-state index in [4.69, 9.17) is 0 Å². The van der Waals surface area contributed by atoms with Crippen molar-refractivity contribution in [2.75, 3.05) is 6.61 Å². The molecule has 0 aliphatic heterocycles. The molecule has 0 heterocycles. The smallest absolute Gasteiger partial charge is 0.216 e. The summed E-state index contributed by atoms with van der Waals surface area (Å²) < 4.78 is 4.95. The molecular formula is C3H6CdOS2. The van der Waals surface area contributed by atoms with Crippen LogP contribution in [0.1, 0.15) is 6.92 Å². The minimum absolute atomic E-state index is 0. The molecule has 38 valence electrons. The summed E-state index contributed by atoms with van der Waals surface area (Å²) in [5, 5.41) is 0. The van der Waals surface area contributed by atoms with Crippen molar-refractivity contribution in [2.45, 2.75) is 6.92 Å². The van der Waals surface area contributed by atoms with E-state index >= 15 is 0 Å². The zero-order valence-corrected chi connectivity index (χ0v) is 9.93. The van der Waals surface area contributed by atoms with Gasteiger partial charge in [-0.15, -0.1) is 0 Å². The average Bonchev–Trinajstić information content (AvgIpc) is 1.35. The van der Waals surface area contributed by atoms with Crippen LogP contribution in [0.5, 0.6) is 0 Å². The van der Waals surface area contributed by atoms with Gasteiger partial charge in [0.1, 0.15) is 0 Å². The summed E-state index contributed by atoms with van der Waals surface area (Å²) in [6, 6.07) is 0. The Hall–Kier alpha value is 1.16. The van der Waals surface area contributed by atoms with Gasteiger partial charge >= 0.3 is 0 Å². The van der Waals surface area contributed by atoms with Gasteiger partial charge in [0.15, 0.2) is 0 Å². The van der Waals surface area contributed by atoms with E-state index in [2.05, 4.69) is 29.6 Å². The SMILES string of the molecule is CCOC(=S)S.[Cd]. The zero-order chi connectivity index (χ0) is 4.99. The molecule has 0 saturated heterocycles. The first kappa shape index (κ1) is 11.0. The topological polar surface area (TPSA) is 9.23 Å². The Morgan fingerprint density at radius 3 is 2.29 bits per heavy atom. The predicted molar refractivity (Wildman–Crippen MR) is 33.2 cm³/mol. The second kappa shape index (κ2) is 7.16. The maximum atomic E-state index is 4.64. The molecule has 0 bridgehead atoms. The molecule has 0 unspecified atom stereocenters. The van der Waals surface area contributed by atoms with Gasteiger partial charge in [-0.2, -0.15) is 0 Å². The third-order valence-corrected chi connectivity index (χ3v) is 0.515. The molecule has 0 radical (unpaired) electrons. The van der Waals surface area contributed by atoms with Crippen molar-refractivity contribution in [3.8, 4) is 0 Å². The van der Waals surface area contributed by atoms with Crippen molar-refractivity contribution in [1.82, 2.24) is 0 Å². The van der Waals surface area contributed by atoms with Crippen molar-refractivity contribution in [2.24, 2.45) is 0 Å². The van der Waals surface area contributed by atoms with Gasteiger partial charge in [-0.05, 0) is 19.1 Å². The summed E-state index contributed by atoms with van der Waals surface area (Å²) in [6.45, 7) is 2.48. The average molecular weight is 235 g/mol. The molecule has 0 spiro atoms. The molecule has 0 aromatic rings. The van der Waals surface area contributed by atoms with Gasteiger partial charge in [0.2, 0.25) is 4.38 Å². The van der Waals surface area contributed by atoms with Crippen LogP contribution in [0.25, 0.3) is 0 Å². The maximum absolute atomic E-state index is 4.64. The third-order valence-electron chi connectivity index (χ3n) is 0.268. The van der Waals surface area contributed by atoms with Gasteiger partial charge in [-0.1, -0.05) is 12.6 Å². The van der Waals surface area contributed by atoms with Crippen LogP contribution >= 0.6 is 24.8 Å². The molecule has 0 atom stereocenters. The second-order valence-electron chi connectivity index (χ2n) is 0.699. The van der Waals surface area contributed by atoms with Gasteiger partial charge in [0, 0.05) is 27.3 Å². The molecule has 0 saturated carbocycles. The molecular weight excluding hydrogens is 229 g/mol. The van der Waals surface area contributed by atoms with Gasteiger partial charge < -0.3 is 4.74 Å². The number of thiol groups is 1. The number of thiocarbonyl (C=S) groups is 1. The van der Waals surface area contributed by atoms with Gasteiger partial charge in [0.05, 0.1) is 6.61 Å². The fraction of sp³-hybridized carbons (Fsp3) is 0.667. The number of hydrogen-bond donors (Lipinski definition) is 1. The fourth-order valence-electron chi connectivity index (χ4n) is 0.123. The molecule has 0 aromatic heterocycles. The Labute approximate surface area is 74.4 Å². The van der Waals surface area contributed by atoms with Crippen molar-refractivity contribution in [3.05, 3.63) is 0 Å². The Morgan fingerprint density at radius 2 is 2.29 bits per heavy atom. The molecule has 0 N–H and O–H groups in total. The van der Waals surface area contributed by atoms with E-state index in [0.717, 1.165) is 0 Å². The summed E-state index contributed by atoms with van der Waals surface area (Å²) in [5.41, 5.74) is 0. The number of ether oxygens (including phenoxy) is 1. The molecule has 4 heteroatoms. The van der Waals surface area contributed by atoms with Crippen LogP contribution in [-0.4, -0.2) is 11.0 Å². The molecule has 0 aromatic carbocycles. The molecule has 0 aliphatic rings. The second-order valence-corrected chi connectivity index (χ2v) is 1.78. The van der Waals surface area contributed by atoms with Crippen molar-refractivity contribution in [3.63, 3.8) is 0 Å². The van der Waals surface area contributed by atoms with E-state index in [0.29, 0.717) is 11.0 Å². The van der Waals surface area contributed by atoms with Crippen LogP contribution in [0.3, 0.4) is 0 Å². The minimum atomic E-state index is 0. The Bertz CT molecular complexity index is 56.9. The monoisotopic (exact) mass is 236 g/mol. The van der Waals surface area contributed by atoms with Crippen molar-refractivity contribution >= 4 is 29.2 Å². The van der Waals surface area contributed by atoms with Crippen LogP contribution in [0.15, 0.2) is 0 Å². The first-order valence-electron chi connectivity index (χ1n) is 1.63. The van der Waals surface area contributed by atoms with Crippen LogP contribution < -0.4 is 0 Å². The predicted octanol–water partition coefficient (Wildman–Crippen LogP) is 1.24. The maximum Gasteiger partial charge on any atom is 0.216 e. The van der Waals surface area contributed by atoms with Crippen LogP contribution in [-0.2, 0) is 32.0 Å². The van der Waals surface area contributed by atoms with E-state index in [1.54, 1.807) is 0 Å². The van der Waals surface area contributed by atoms with Crippen molar-refractivity contribution < 1.29 is 32.0 Å². The third kappa shape index (κ3) is 11.0. The van der Waals surface area contributed by atoms with Crippen LogP contribution in [0, 0.1) is 0 Å². The quantitative estimate of drug-likeness (QED) is 0.415. The Kier molecular flexibility index (Phi) is 11.3. The van der Waals surface area contributed by atoms with Gasteiger partial charge in [-0.25, -0.2) is 0 Å². The van der Waals surface area contributed by atoms with Gasteiger partial charge in [0.25, 0.3) is 0 Å². The van der Waals surface area contributed by atoms with Crippen molar-refractivity contribution in [1.29, 1.82) is 0 Å². The zero-order valence-electron chi connectivity index (χ0n) is 4.18.